The van der Waals surface area contributed by atoms with Crippen molar-refractivity contribution in [3.63, 3.8) is 0 Å². The fourth-order valence-corrected chi connectivity index (χ4v) is 1.35. The number of aliphatic hydroxyl groups excluding tert-OH is 1. The second-order valence-electron chi connectivity index (χ2n) is 3.32. The van der Waals surface area contributed by atoms with Crippen LogP contribution in [0.3, 0.4) is 0 Å². The van der Waals surface area contributed by atoms with E-state index in [1.807, 2.05) is 31.3 Å². The fourth-order valence-electron chi connectivity index (χ4n) is 1.35. The van der Waals surface area contributed by atoms with E-state index in [-0.39, 0.29) is 6.61 Å². The lowest BCUT2D eigenvalue weighted by molar-refractivity contribution is 0.293. The van der Waals surface area contributed by atoms with Gasteiger partial charge in [-0.2, -0.15) is 4.98 Å². The number of anilines is 1. The molecule has 0 radical (unpaired) electrons. The van der Waals surface area contributed by atoms with E-state index in [0.717, 1.165) is 11.3 Å². The van der Waals surface area contributed by atoms with Crippen molar-refractivity contribution in [3.05, 3.63) is 30.1 Å². The number of aromatic nitrogens is 2. The van der Waals surface area contributed by atoms with E-state index in [1.165, 1.54) is 0 Å². The molecule has 16 heavy (non-hydrogen) atoms. The Kier molecular flexibility index (Phi) is 3.16. The summed E-state index contributed by atoms with van der Waals surface area (Å²) in [6.07, 6.45) is 0.415. The van der Waals surface area contributed by atoms with Crippen LogP contribution in [0.2, 0.25) is 0 Å². The summed E-state index contributed by atoms with van der Waals surface area (Å²) < 4.78 is 5.08. The van der Waals surface area contributed by atoms with Crippen molar-refractivity contribution in [3.8, 4) is 11.5 Å². The molecule has 5 heteroatoms. The molecule has 0 spiro atoms. The Morgan fingerprint density at radius 2 is 2.06 bits per heavy atom. The quantitative estimate of drug-likeness (QED) is 0.811. The molecule has 2 rings (SSSR count). The van der Waals surface area contributed by atoms with Gasteiger partial charge >= 0.3 is 0 Å². The van der Waals surface area contributed by atoms with Crippen molar-refractivity contribution in [1.82, 2.24) is 10.1 Å². The first kappa shape index (κ1) is 10.6. The molecule has 0 saturated carbocycles. The average molecular weight is 219 g/mol. The maximum absolute atomic E-state index is 8.74. The SMILES string of the molecule is CNc1ccc(-c2nc(CCO)no2)cc1. The summed E-state index contributed by atoms with van der Waals surface area (Å²) in [5, 5.41) is 15.5. The second-order valence-corrected chi connectivity index (χ2v) is 3.32. The highest BCUT2D eigenvalue weighted by Crippen LogP contribution is 2.19. The van der Waals surface area contributed by atoms with Gasteiger partial charge in [0.25, 0.3) is 5.89 Å². The highest BCUT2D eigenvalue weighted by Gasteiger charge is 2.07. The third-order valence-electron chi connectivity index (χ3n) is 2.22. The molecule has 5 nitrogen and oxygen atoms in total. The van der Waals surface area contributed by atoms with Gasteiger partial charge < -0.3 is 14.9 Å². The van der Waals surface area contributed by atoms with Crippen LogP contribution < -0.4 is 5.32 Å². The molecule has 0 saturated heterocycles. The Morgan fingerprint density at radius 3 is 2.69 bits per heavy atom. The van der Waals surface area contributed by atoms with Gasteiger partial charge in [-0.15, -0.1) is 0 Å². The van der Waals surface area contributed by atoms with Crippen LogP contribution in [-0.4, -0.2) is 28.9 Å². The molecule has 84 valence electrons. The van der Waals surface area contributed by atoms with Crippen molar-refractivity contribution in [2.24, 2.45) is 0 Å². The molecule has 0 fully saturated rings. The molecular weight excluding hydrogens is 206 g/mol. The average Bonchev–Trinajstić information content (AvgIpc) is 2.78. The predicted molar refractivity (Wildman–Crippen MR) is 60.1 cm³/mol. The standard InChI is InChI=1S/C11H13N3O2/c1-12-9-4-2-8(3-5-9)11-13-10(6-7-15)14-16-11/h2-5,12,15H,6-7H2,1H3. The lowest BCUT2D eigenvalue weighted by Gasteiger charge is -1.99. The number of hydrogen-bond acceptors (Lipinski definition) is 5. The first-order valence-electron chi connectivity index (χ1n) is 5.05. The zero-order chi connectivity index (χ0) is 11.4. The van der Waals surface area contributed by atoms with Crippen LogP contribution in [-0.2, 0) is 6.42 Å². The van der Waals surface area contributed by atoms with Gasteiger partial charge in [-0.3, -0.25) is 0 Å². The molecule has 2 aromatic rings. The van der Waals surface area contributed by atoms with Gasteiger partial charge in [0.1, 0.15) is 0 Å². The minimum atomic E-state index is 0.0255. The summed E-state index contributed by atoms with van der Waals surface area (Å²) >= 11 is 0. The summed E-state index contributed by atoms with van der Waals surface area (Å²) in [7, 11) is 1.86. The van der Waals surface area contributed by atoms with E-state index in [4.69, 9.17) is 9.63 Å². The number of rotatable bonds is 4. The van der Waals surface area contributed by atoms with Gasteiger partial charge in [-0.05, 0) is 24.3 Å². The van der Waals surface area contributed by atoms with Gasteiger partial charge in [0, 0.05) is 24.7 Å². The number of hydrogen-bond donors (Lipinski definition) is 2. The number of nitrogens with zero attached hydrogens (tertiary/aromatic N) is 2. The molecule has 0 unspecified atom stereocenters. The summed E-state index contributed by atoms with van der Waals surface area (Å²) in [5.41, 5.74) is 1.90. The second kappa shape index (κ2) is 4.76. The van der Waals surface area contributed by atoms with Gasteiger partial charge in [-0.25, -0.2) is 0 Å². The summed E-state index contributed by atoms with van der Waals surface area (Å²) in [5.74, 6) is 1.00. The topological polar surface area (TPSA) is 71.2 Å². The molecule has 0 aliphatic rings. The van der Waals surface area contributed by atoms with E-state index in [1.54, 1.807) is 0 Å². The zero-order valence-electron chi connectivity index (χ0n) is 8.97. The summed E-state index contributed by atoms with van der Waals surface area (Å²) in [6.45, 7) is 0.0255. The zero-order valence-corrected chi connectivity index (χ0v) is 8.97. The molecule has 0 bridgehead atoms. The molecule has 0 aliphatic carbocycles. The van der Waals surface area contributed by atoms with Gasteiger partial charge in [-0.1, -0.05) is 5.16 Å². The maximum atomic E-state index is 8.74. The number of benzene rings is 1. The minimum absolute atomic E-state index is 0.0255. The third kappa shape index (κ3) is 2.20. The highest BCUT2D eigenvalue weighted by molar-refractivity contribution is 5.58. The highest BCUT2D eigenvalue weighted by atomic mass is 16.5. The third-order valence-corrected chi connectivity index (χ3v) is 2.22. The number of nitrogens with one attached hydrogen (secondary N) is 1. The van der Waals surface area contributed by atoms with E-state index in [2.05, 4.69) is 15.5 Å². The minimum Gasteiger partial charge on any atom is -0.396 e. The van der Waals surface area contributed by atoms with Crippen molar-refractivity contribution in [2.75, 3.05) is 19.0 Å². The van der Waals surface area contributed by atoms with Gasteiger partial charge in [0.15, 0.2) is 5.82 Å². The van der Waals surface area contributed by atoms with Crippen LogP contribution in [0.5, 0.6) is 0 Å². The molecule has 2 N–H and O–H groups in total. The molecule has 1 aromatic heterocycles. The van der Waals surface area contributed by atoms with Crippen molar-refractivity contribution < 1.29 is 9.63 Å². The monoisotopic (exact) mass is 219 g/mol. The molecule has 0 atom stereocenters. The number of aliphatic hydroxyl groups is 1. The summed E-state index contributed by atoms with van der Waals surface area (Å²) in [4.78, 5) is 4.17. The molecule has 1 aromatic carbocycles. The fraction of sp³-hybridized carbons (Fsp3) is 0.273. The molecular formula is C11H13N3O2. The molecule has 1 heterocycles. The van der Waals surface area contributed by atoms with Gasteiger partial charge in [0.2, 0.25) is 0 Å². The van der Waals surface area contributed by atoms with E-state index < -0.39 is 0 Å². The lowest BCUT2D eigenvalue weighted by atomic mass is 10.2. The predicted octanol–water partition coefficient (Wildman–Crippen LogP) is 1.31. The first-order valence-corrected chi connectivity index (χ1v) is 5.05. The smallest absolute Gasteiger partial charge is 0.257 e. The van der Waals surface area contributed by atoms with Crippen LogP contribution in [0, 0.1) is 0 Å². The van der Waals surface area contributed by atoms with E-state index >= 15 is 0 Å². The lowest BCUT2D eigenvalue weighted by Crippen LogP contribution is -1.92. The van der Waals surface area contributed by atoms with Crippen molar-refractivity contribution >= 4 is 5.69 Å². The van der Waals surface area contributed by atoms with Crippen LogP contribution in [0.25, 0.3) is 11.5 Å². The Balaban J connectivity index is 2.21. The van der Waals surface area contributed by atoms with Crippen LogP contribution in [0.15, 0.2) is 28.8 Å². The van der Waals surface area contributed by atoms with Crippen LogP contribution in [0.4, 0.5) is 5.69 Å². The Labute approximate surface area is 93.1 Å². The Bertz CT molecular complexity index is 451. The Hall–Kier alpha value is -1.88. The normalized spacial score (nSPS) is 10.4. The summed E-state index contributed by atoms with van der Waals surface area (Å²) in [6, 6.07) is 7.68. The first-order chi connectivity index (χ1) is 7.83. The van der Waals surface area contributed by atoms with Crippen molar-refractivity contribution in [1.29, 1.82) is 0 Å². The molecule has 0 amide bonds. The molecule has 0 aliphatic heterocycles. The van der Waals surface area contributed by atoms with E-state index in [0.29, 0.717) is 18.1 Å². The largest absolute Gasteiger partial charge is 0.396 e. The Morgan fingerprint density at radius 1 is 1.31 bits per heavy atom. The van der Waals surface area contributed by atoms with E-state index in [9.17, 15) is 0 Å². The van der Waals surface area contributed by atoms with Crippen LogP contribution in [0.1, 0.15) is 5.82 Å². The maximum Gasteiger partial charge on any atom is 0.257 e. The van der Waals surface area contributed by atoms with Crippen molar-refractivity contribution in [2.45, 2.75) is 6.42 Å². The van der Waals surface area contributed by atoms with Crippen LogP contribution >= 0.6 is 0 Å². The van der Waals surface area contributed by atoms with Gasteiger partial charge in [0.05, 0.1) is 6.61 Å².